The number of halogens is 1. The van der Waals surface area contributed by atoms with Crippen molar-refractivity contribution in [3.63, 3.8) is 0 Å². The number of hydrogen-bond acceptors (Lipinski definition) is 5. The first kappa shape index (κ1) is 22.9. The first-order valence-corrected chi connectivity index (χ1v) is 12.5. The number of carbonyl (C=O) groups is 2. The normalized spacial score (nSPS) is 17.2. The summed E-state index contributed by atoms with van der Waals surface area (Å²) in [6, 6.07) is 17.2. The highest BCUT2D eigenvalue weighted by Crippen LogP contribution is 2.42. The first-order valence-electron chi connectivity index (χ1n) is 12.2. The van der Waals surface area contributed by atoms with Crippen LogP contribution in [-0.2, 0) is 22.6 Å². The van der Waals surface area contributed by atoms with Gasteiger partial charge in [0.15, 0.2) is 0 Å². The average molecular weight is 504 g/mol. The third-order valence-corrected chi connectivity index (χ3v) is 7.56. The van der Waals surface area contributed by atoms with Crippen molar-refractivity contribution in [1.29, 1.82) is 0 Å². The summed E-state index contributed by atoms with van der Waals surface area (Å²) in [5.74, 6) is 0.0752. The summed E-state index contributed by atoms with van der Waals surface area (Å²) in [7, 11) is 0. The summed E-state index contributed by atoms with van der Waals surface area (Å²) in [5, 5.41) is 14.1. The van der Waals surface area contributed by atoms with Gasteiger partial charge in [0.2, 0.25) is 5.91 Å². The van der Waals surface area contributed by atoms with Crippen LogP contribution in [0.2, 0.25) is 5.02 Å². The number of nitrogens with zero attached hydrogens (tertiary/aromatic N) is 2. The summed E-state index contributed by atoms with van der Waals surface area (Å²) in [6.45, 7) is 1.85. The molecule has 3 aliphatic rings. The molecule has 2 heterocycles. The van der Waals surface area contributed by atoms with E-state index in [0.29, 0.717) is 30.2 Å². The van der Waals surface area contributed by atoms with E-state index < -0.39 is 0 Å². The molecule has 184 valence electrons. The van der Waals surface area contributed by atoms with Crippen LogP contribution in [0.4, 0.5) is 16.2 Å². The van der Waals surface area contributed by atoms with Crippen LogP contribution >= 0.6 is 11.6 Å². The van der Waals surface area contributed by atoms with Gasteiger partial charge in [-0.2, -0.15) is 0 Å². The van der Waals surface area contributed by atoms with Gasteiger partial charge in [-0.1, -0.05) is 35.9 Å². The number of phenolic OH excluding ortho intramolecular Hbond substituents is 1. The molecule has 8 heteroatoms. The number of carbonyl (C=O) groups excluding carboxylic acids is 2. The minimum atomic E-state index is -0.334. The summed E-state index contributed by atoms with van der Waals surface area (Å²) >= 11 is 6.11. The van der Waals surface area contributed by atoms with E-state index in [4.69, 9.17) is 16.3 Å². The van der Waals surface area contributed by atoms with E-state index in [2.05, 4.69) is 16.3 Å². The van der Waals surface area contributed by atoms with Gasteiger partial charge in [0, 0.05) is 53.5 Å². The highest BCUT2D eigenvalue weighted by Gasteiger charge is 2.34. The van der Waals surface area contributed by atoms with Gasteiger partial charge in [-0.05, 0) is 53.8 Å². The zero-order valence-corrected chi connectivity index (χ0v) is 20.4. The lowest BCUT2D eigenvalue weighted by Crippen LogP contribution is -2.50. The Morgan fingerprint density at radius 2 is 1.86 bits per heavy atom. The van der Waals surface area contributed by atoms with Crippen LogP contribution in [0.3, 0.4) is 0 Å². The lowest BCUT2D eigenvalue weighted by atomic mass is 10.0. The second-order valence-electron chi connectivity index (χ2n) is 9.61. The molecule has 0 unspecified atom stereocenters. The fourth-order valence-corrected chi connectivity index (χ4v) is 5.77. The lowest BCUT2D eigenvalue weighted by Gasteiger charge is -2.40. The fourth-order valence-electron chi connectivity index (χ4n) is 5.58. The summed E-state index contributed by atoms with van der Waals surface area (Å²) in [5.41, 5.74) is 6.50. The lowest BCUT2D eigenvalue weighted by molar-refractivity contribution is -0.117. The van der Waals surface area contributed by atoms with Gasteiger partial charge >= 0.3 is 6.09 Å². The topological polar surface area (TPSA) is 82.1 Å². The Morgan fingerprint density at radius 3 is 2.69 bits per heavy atom. The van der Waals surface area contributed by atoms with E-state index in [1.807, 2.05) is 36.4 Å². The third-order valence-electron chi connectivity index (χ3n) is 7.32. The zero-order chi connectivity index (χ0) is 24.8. The van der Waals surface area contributed by atoms with Crippen LogP contribution in [0.15, 0.2) is 54.6 Å². The van der Waals surface area contributed by atoms with Crippen molar-refractivity contribution in [3.05, 3.63) is 76.3 Å². The zero-order valence-electron chi connectivity index (χ0n) is 19.7. The molecule has 2 aliphatic heterocycles. The Morgan fingerprint density at radius 1 is 1.06 bits per heavy atom. The molecule has 3 aromatic carbocycles. The van der Waals surface area contributed by atoms with Crippen molar-refractivity contribution in [2.75, 3.05) is 29.9 Å². The first-order chi connectivity index (χ1) is 17.5. The standard InChI is InChI=1S/C28H26ClN3O4/c29-19-5-6-25-18(11-19)16-36-28(35)32(25)21-7-9-31(10-8-21)15-27(34)30-20-13-23-22-4-2-1-3-17(22)12-24(23)26(33)14-20/h1-6,11,13-14,21,33H,7-10,12,15-16H2,(H,30,34). The van der Waals surface area contributed by atoms with Gasteiger partial charge in [0.05, 0.1) is 12.2 Å². The van der Waals surface area contributed by atoms with Crippen molar-refractivity contribution in [2.45, 2.75) is 31.9 Å². The van der Waals surface area contributed by atoms with Crippen LogP contribution in [0.1, 0.15) is 29.5 Å². The van der Waals surface area contributed by atoms with Gasteiger partial charge in [0.1, 0.15) is 12.4 Å². The number of hydrogen-bond donors (Lipinski definition) is 2. The van der Waals surface area contributed by atoms with Crippen molar-refractivity contribution in [1.82, 2.24) is 4.90 Å². The molecule has 2 N–H and O–H groups in total. The summed E-state index contributed by atoms with van der Waals surface area (Å²) in [6.07, 6.45) is 1.84. The maximum absolute atomic E-state index is 12.8. The van der Waals surface area contributed by atoms with Crippen LogP contribution in [0, 0.1) is 0 Å². The predicted octanol–water partition coefficient (Wildman–Crippen LogP) is 5.18. The molecule has 1 aliphatic carbocycles. The van der Waals surface area contributed by atoms with Crippen molar-refractivity contribution in [3.8, 4) is 16.9 Å². The van der Waals surface area contributed by atoms with E-state index in [1.54, 1.807) is 17.0 Å². The van der Waals surface area contributed by atoms with Gasteiger partial charge in [-0.15, -0.1) is 0 Å². The van der Waals surface area contributed by atoms with E-state index in [9.17, 15) is 14.7 Å². The van der Waals surface area contributed by atoms with Gasteiger partial charge < -0.3 is 15.2 Å². The monoisotopic (exact) mass is 503 g/mol. The van der Waals surface area contributed by atoms with Crippen LogP contribution in [-0.4, -0.2) is 47.7 Å². The molecular formula is C28H26ClN3O4. The smallest absolute Gasteiger partial charge is 0.414 e. The Hall–Kier alpha value is -3.55. The molecule has 36 heavy (non-hydrogen) atoms. The van der Waals surface area contributed by atoms with Gasteiger partial charge in [-0.25, -0.2) is 4.79 Å². The number of cyclic esters (lactones) is 1. The molecular weight excluding hydrogens is 478 g/mol. The highest BCUT2D eigenvalue weighted by molar-refractivity contribution is 6.30. The van der Waals surface area contributed by atoms with E-state index >= 15 is 0 Å². The molecule has 0 radical (unpaired) electrons. The van der Waals surface area contributed by atoms with E-state index in [1.165, 1.54) is 5.56 Å². The number of fused-ring (bicyclic) bond motifs is 4. The molecule has 1 saturated heterocycles. The number of phenols is 1. The Labute approximate surface area is 214 Å². The Bertz CT molecular complexity index is 1370. The van der Waals surface area contributed by atoms with Crippen molar-refractivity contribution in [2.24, 2.45) is 0 Å². The maximum atomic E-state index is 12.8. The number of piperidine rings is 1. The summed E-state index contributed by atoms with van der Waals surface area (Å²) in [4.78, 5) is 29.2. The molecule has 2 amide bonds. The average Bonchev–Trinajstić information content (AvgIpc) is 3.24. The minimum absolute atomic E-state index is 0.00534. The third kappa shape index (κ3) is 4.18. The van der Waals surface area contributed by atoms with E-state index in [-0.39, 0.29) is 36.9 Å². The number of anilines is 2. The van der Waals surface area contributed by atoms with Gasteiger partial charge in [0.25, 0.3) is 0 Å². The molecule has 7 nitrogen and oxygen atoms in total. The summed E-state index contributed by atoms with van der Waals surface area (Å²) < 4.78 is 5.38. The number of ether oxygens (including phenoxy) is 1. The Balaban J connectivity index is 1.09. The van der Waals surface area contributed by atoms with Crippen molar-refractivity contribution >= 4 is 35.0 Å². The van der Waals surface area contributed by atoms with Crippen LogP contribution < -0.4 is 10.2 Å². The SMILES string of the molecule is O=C(CN1CCC(N2C(=O)OCc3cc(Cl)ccc32)CC1)Nc1cc(O)c2c(c1)-c1ccccc1C2. The second-order valence-corrected chi connectivity index (χ2v) is 10.0. The van der Waals surface area contributed by atoms with E-state index in [0.717, 1.165) is 40.8 Å². The second kappa shape index (κ2) is 9.15. The number of amides is 2. The van der Waals surface area contributed by atoms with Crippen LogP contribution in [0.25, 0.3) is 11.1 Å². The predicted molar refractivity (Wildman–Crippen MR) is 139 cm³/mol. The number of rotatable bonds is 4. The number of nitrogens with one attached hydrogen (secondary N) is 1. The number of aromatic hydroxyl groups is 1. The fraction of sp³-hybridized carbons (Fsp3) is 0.286. The molecule has 1 fully saturated rings. The molecule has 0 bridgehead atoms. The molecule has 3 aromatic rings. The van der Waals surface area contributed by atoms with Crippen LogP contribution in [0.5, 0.6) is 5.75 Å². The molecule has 0 spiro atoms. The van der Waals surface area contributed by atoms with Gasteiger partial charge in [-0.3, -0.25) is 14.6 Å². The number of likely N-dealkylation sites (tertiary alicyclic amines) is 1. The Kier molecular flexibility index (Phi) is 5.82. The highest BCUT2D eigenvalue weighted by atomic mass is 35.5. The minimum Gasteiger partial charge on any atom is -0.508 e. The quantitative estimate of drug-likeness (QED) is 0.401. The molecule has 0 atom stereocenters. The molecule has 0 aromatic heterocycles. The largest absolute Gasteiger partial charge is 0.508 e. The number of benzene rings is 3. The van der Waals surface area contributed by atoms with Crippen molar-refractivity contribution < 1.29 is 19.4 Å². The maximum Gasteiger partial charge on any atom is 0.414 e. The molecule has 6 rings (SSSR count). The molecule has 0 saturated carbocycles.